The van der Waals surface area contributed by atoms with Crippen LogP contribution in [0.4, 0.5) is 10.5 Å². The van der Waals surface area contributed by atoms with Gasteiger partial charge in [0.1, 0.15) is 0 Å². The smallest absolute Gasteiger partial charge is 0.322 e. The number of carbonyl (C=O) groups is 1. The van der Waals surface area contributed by atoms with Crippen molar-refractivity contribution in [3.05, 3.63) is 71.3 Å². The van der Waals surface area contributed by atoms with Gasteiger partial charge in [-0.05, 0) is 29.8 Å². The minimum absolute atomic E-state index is 0.117. The monoisotopic (exact) mass is 399 g/mol. The number of nitrogens with one attached hydrogen (secondary N) is 1. The van der Waals surface area contributed by atoms with Crippen LogP contribution >= 0.6 is 11.6 Å². The van der Waals surface area contributed by atoms with Gasteiger partial charge >= 0.3 is 6.03 Å². The first-order valence-electron chi connectivity index (χ1n) is 9.54. The molecular weight excluding hydrogens is 374 g/mol. The Morgan fingerprint density at radius 3 is 2.54 bits per heavy atom. The topological polar surface area (TPSA) is 44.8 Å². The van der Waals surface area contributed by atoms with Crippen LogP contribution in [0, 0.1) is 0 Å². The SMILES string of the molecule is O=C(Nc1ccc(Cl)cc1)N(C/C=C/c1ccccc1)CCN1CCOCC1. The van der Waals surface area contributed by atoms with Crippen LogP contribution < -0.4 is 5.32 Å². The minimum atomic E-state index is -0.117. The third-order valence-electron chi connectivity index (χ3n) is 4.61. The van der Waals surface area contributed by atoms with Crippen molar-refractivity contribution in [2.45, 2.75) is 0 Å². The number of halogens is 1. The fourth-order valence-electron chi connectivity index (χ4n) is 2.98. The van der Waals surface area contributed by atoms with Gasteiger partial charge < -0.3 is 15.0 Å². The van der Waals surface area contributed by atoms with Crippen LogP contribution in [0.2, 0.25) is 5.02 Å². The van der Waals surface area contributed by atoms with Gasteiger partial charge in [0.25, 0.3) is 0 Å². The summed E-state index contributed by atoms with van der Waals surface area (Å²) in [7, 11) is 0. The molecule has 3 rings (SSSR count). The van der Waals surface area contributed by atoms with Crippen molar-refractivity contribution in [2.75, 3.05) is 51.3 Å². The van der Waals surface area contributed by atoms with Crippen LogP contribution in [0.15, 0.2) is 60.7 Å². The zero-order valence-electron chi connectivity index (χ0n) is 15.9. The standard InChI is InChI=1S/C22H26ClN3O2/c23-20-8-10-21(11-9-20)24-22(27)26(14-13-25-15-17-28-18-16-25)12-4-7-19-5-2-1-3-6-19/h1-11H,12-18H2,(H,24,27)/b7-4+. The number of benzene rings is 2. The first-order chi connectivity index (χ1) is 13.7. The number of carbonyl (C=O) groups excluding carboxylic acids is 1. The average Bonchev–Trinajstić information content (AvgIpc) is 2.73. The highest BCUT2D eigenvalue weighted by atomic mass is 35.5. The number of hydrogen-bond acceptors (Lipinski definition) is 3. The van der Waals surface area contributed by atoms with E-state index in [1.807, 2.05) is 47.4 Å². The second-order valence-electron chi connectivity index (χ2n) is 6.65. The molecule has 0 unspecified atom stereocenters. The summed E-state index contributed by atoms with van der Waals surface area (Å²) in [6, 6.07) is 17.1. The Morgan fingerprint density at radius 1 is 1.11 bits per heavy atom. The summed E-state index contributed by atoms with van der Waals surface area (Å²) in [4.78, 5) is 17.0. The molecule has 0 radical (unpaired) electrons. The van der Waals surface area contributed by atoms with Gasteiger partial charge in [-0.15, -0.1) is 0 Å². The van der Waals surface area contributed by atoms with Gasteiger partial charge in [-0.25, -0.2) is 4.79 Å². The normalized spacial score (nSPS) is 14.9. The summed E-state index contributed by atoms with van der Waals surface area (Å²) < 4.78 is 5.40. The molecular formula is C22H26ClN3O2. The molecule has 1 aliphatic rings. The van der Waals surface area contributed by atoms with Crippen molar-refractivity contribution >= 4 is 29.4 Å². The van der Waals surface area contributed by atoms with E-state index in [-0.39, 0.29) is 6.03 Å². The first kappa shape index (κ1) is 20.4. The van der Waals surface area contributed by atoms with Crippen LogP contribution in [0.5, 0.6) is 0 Å². The van der Waals surface area contributed by atoms with Crippen LogP contribution in [0.1, 0.15) is 5.56 Å². The molecule has 0 aromatic heterocycles. The fourth-order valence-corrected chi connectivity index (χ4v) is 3.10. The maximum atomic E-state index is 12.8. The third-order valence-corrected chi connectivity index (χ3v) is 4.86. The number of nitrogens with zero attached hydrogens (tertiary/aromatic N) is 2. The highest BCUT2D eigenvalue weighted by molar-refractivity contribution is 6.30. The second-order valence-corrected chi connectivity index (χ2v) is 7.09. The summed E-state index contributed by atoms with van der Waals surface area (Å²) in [5.74, 6) is 0. The maximum Gasteiger partial charge on any atom is 0.322 e. The Kier molecular flexibility index (Phi) is 7.91. The van der Waals surface area contributed by atoms with Gasteiger partial charge in [0.05, 0.1) is 13.2 Å². The molecule has 1 N–H and O–H groups in total. The van der Waals surface area contributed by atoms with E-state index in [1.165, 1.54) is 0 Å². The van der Waals surface area contributed by atoms with Gasteiger partial charge in [0.15, 0.2) is 0 Å². The lowest BCUT2D eigenvalue weighted by atomic mass is 10.2. The van der Waals surface area contributed by atoms with E-state index >= 15 is 0 Å². The van der Waals surface area contributed by atoms with Crippen LogP contribution in [0.3, 0.4) is 0 Å². The van der Waals surface area contributed by atoms with Crippen molar-refractivity contribution < 1.29 is 9.53 Å². The molecule has 1 heterocycles. The van der Waals surface area contributed by atoms with Crippen LogP contribution in [0.25, 0.3) is 6.08 Å². The Hall–Kier alpha value is -2.34. The van der Waals surface area contributed by atoms with E-state index in [9.17, 15) is 4.79 Å². The van der Waals surface area contributed by atoms with E-state index in [0.717, 1.165) is 44.1 Å². The molecule has 2 aromatic rings. The van der Waals surface area contributed by atoms with Crippen LogP contribution in [-0.4, -0.2) is 61.8 Å². The van der Waals surface area contributed by atoms with E-state index in [4.69, 9.17) is 16.3 Å². The van der Waals surface area contributed by atoms with Gasteiger partial charge in [0.2, 0.25) is 0 Å². The van der Waals surface area contributed by atoms with Gasteiger partial charge in [-0.2, -0.15) is 0 Å². The number of ether oxygens (including phenoxy) is 1. The Balaban J connectivity index is 1.60. The first-order valence-corrected chi connectivity index (χ1v) is 9.92. The molecule has 0 saturated carbocycles. The van der Waals surface area contributed by atoms with Crippen molar-refractivity contribution in [3.63, 3.8) is 0 Å². The third kappa shape index (κ3) is 6.68. The highest BCUT2D eigenvalue weighted by Gasteiger charge is 2.16. The quantitative estimate of drug-likeness (QED) is 0.758. The zero-order chi connectivity index (χ0) is 19.6. The summed E-state index contributed by atoms with van der Waals surface area (Å²) in [6.07, 6.45) is 4.06. The fraction of sp³-hybridized carbons (Fsp3) is 0.318. The summed E-state index contributed by atoms with van der Waals surface area (Å²) in [5, 5.41) is 3.60. The average molecular weight is 400 g/mol. The number of rotatable bonds is 7. The largest absolute Gasteiger partial charge is 0.379 e. The summed E-state index contributed by atoms with van der Waals surface area (Å²) in [5.41, 5.74) is 1.85. The Labute approximate surface area is 171 Å². The number of hydrogen-bond donors (Lipinski definition) is 1. The van der Waals surface area contributed by atoms with Crippen molar-refractivity contribution in [1.82, 2.24) is 9.80 Å². The van der Waals surface area contributed by atoms with E-state index < -0.39 is 0 Å². The zero-order valence-corrected chi connectivity index (χ0v) is 16.6. The Bertz CT molecular complexity index is 759. The van der Waals surface area contributed by atoms with Gasteiger partial charge in [-0.3, -0.25) is 4.90 Å². The predicted molar refractivity (Wildman–Crippen MR) is 115 cm³/mol. The van der Waals surface area contributed by atoms with Gasteiger partial charge in [-0.1, -0.05) is 54.1 Å². The van der Waals surface area contributed by atoms with Crippen molar-refractivity contribution in [3.8, 4) is 0 Å². The highest BCUT2D eigenvalue weighted by Crippen LogP contribution is 2.14. The van der Waals surface area contributed by atoms with Gasteiger partial charge in [0, 0.05) is 43.4 Å². The molecule has 28 heavy (non-hydrogen) atoms. The number of urea groups is 1. The lowest BCUT2D eigenvalue weighted by Gasteiger charge is -2.29. The molecule has 1 saturated heterocycles. The summed E-state index contributed by atoms with van der Waals surface area (Å²) >= 11 is 5.93. The molecule has 6 heteroatoms. The number of anilines is 1. The number of amides is 2. The molecule has 0 spiro atoms. The molecule has 148 valence electrons. The van der Waals surface area contributed by atoms with E-state index in [2.05, 4.69) is 10.2 Å². The number of morpholine rings is 1. The van der Waals surface area contributed by atoms with E-state index in [1.54, 1.807) is 24.3 Å². The van der Waals surface area contributed by atoms with Crippen molar-refractivity contribution in [1.29, 1.82) is 0 Å². The van der Waals surface area contributed by atoms with E-state index in [0.29, 0.717) is 18.1 Å². The summed E-state index contributed by atoms with van der Waals surface area (Å²) in [6.45, 7) is 5.35. The molecule has 0 aliphatic carbocycles. The Morgan fingerprint density at radius 2 is 1.82 bits per heavy atom. The molecule has 5 nitrogen and oxygen atoms in total. The molecule has 2 amide bonds. The molecule has 0 bridgehead atoms. The van der Waals surface area contributed by atoms with Crippen molar-refractivity contribution in [2.24, 2.45) is 0 Å². The molecule has 0 atom stereocenters. The predicted octanol–water partition coefficient (Wildman–Crippen LogP) is 4.22. The lowest BCUT2D eigenvalue weighted by Crippen LogP contribution is -2.44. The second kappa shape index (κ2) is 10.9. The molecule has 2 aromatic carbocycles. The minimum Gasteiger partial charge on any atom is -0.379 e. The van der Waals surface area contributed by atoms with Crippen LogP contribution in [-0.2, 0) is 4.74 Å². The lowest BCUT2D eigenvalue weighted by molar-refractivity contribution is 0.0355. The maximum absolute atomic E-state index is 12.8. The molecule has 1 fully saturated rings. The molecule has 1 aliphatic heterocycles.